The highest BCUT2D eigenvalue weighted by Crippen LogP contribution is 2.22. The summed E-state index contributed by atoms with van der Waals surface area (Å²) in [6.45, 7) is 2.08. The number of halogens is 1. The van der Waals surface area contributed by atoms with Crippen LogP contribution in [0.3, 0.4) is 0 Å². The molecular weight excluding hydrogens is 211 g/mol. The SMILES string of the molecule is Cc1ccc(F)cc1N1CCC(=O)NC1=O. The van der Waals surface area contributed by atoms with E-state index in [1.165, 1.54) is 17.0 Å². The average Bonchev–Trinajstić information content (AvgIpc) is 2.22. The Kier molecular flexibility index (Phi) is 2.60. The van der Waals surface area contributed by atoms with Gasteiger partial charge in [0.25, 0.3) is 0 Å². The van der Waals surface area contributed by atoms with Gasteiger partial charge in [0, 0.05) is 13.0 Å². The van der Waals surface area contributed by atoms with E-state index in [0.29, 0.717) is 5.69 Å². The van der Waals surface area contributed by atoms with Crippen molar-refractivity contribution in [2.45, 2.75) is 13.3 Å². The minimum absolute atomic E-state index is 0.238. The van der Waals surface area contributed by atoms with Gasteiger partial charge in [-0.05, 0) is 24.6 Å². The fraction of sp³-hybridized carbons (Fsp3) is 0.273. The van der Waals surface area contributed by atoms with E-state index in [-0.39, 0.29) is 18.9 Å². The zero-order valence-electron chi connectivity index (χ0n) is 8.79. The van der Waals surface area contributed by atoms with Gasteiger partial charge in [-0.1, -0.05) is 6.07 Å². The molecule has 2 rings (SSSR count). The van der Waals surface area contributed by atoms with Crippen molar-refractivity contribution in [3.8, 4) is 0 Å². The summed E-state index contributed by atoms with van der Waals surface area (Å²) in [5, 5.41) is 2.20. The van der Waals surface area contributed by atoms with Crippen molar-refractivity contribution in [3.05, 3.63) is 29.6 Å². The van der Waals surface area contributed by atoms with Crippen molar-refractivity contribution >= 4 is 17.6 Å². The lowest BCUT2D eigenvalue weighted by atomic mass is 10.1. The number of carbonyl (C=O) groups is 2. The van der Waals surface area contributed by atoms with E-state index < -0.39 is 11.8 Å². The molecule has 4 nitrogen and oxygen atoms in total. The Morgan fingerprint density at radius 3 is 2.81 bits per heavy atom. The van der Waals surface area contributed by atoms with Crippen LogP contribution in [0.15, 0.2) is 18.2 Å². The third kappa shape index (κ3) is 1.88. The third-order valence-corrected chi connectivity index (χ3v) is 2.52. The average molecular weight is 222 g/mol. The fourth-order valence-corrected chi connectivity index (χ4v) is 1.67. The number of anilines is 1. The van der Waals surface area contributed by atoms with Gasteiger partial charge in [-0.2, -0.15) is 0 Å². The van der Waals surface area contributed by atoms with Gasteiger partial charge < -0.3 is 0 Å². The topological polar surface area (TPSA) is 49.4 Å². The number of hydrogen-bond donors (Lipinski definition) is 1. The zero-order chi connectivity index (χ0) is 11.7. The Balaban J connectivity index is 2.33. The maximum absolute atomic E-state index is 13.1. The molecule has 0 bridgehead atoms. The second-order valence-corrected chi connectivity index (χ2v) is 3.69. The Bertz CT molecular complexity index is 459. The molecule has 3 amide bonds. The monoisotopic (exact) mass is 222 g/mol. The number of aryl methyl sites for hydroxylation is 1. The number of imide groups is 1. The van der Waals surface area contributed by atoms with Gasteiger partial charge in [0.15, 0.2) is 0 Å². The summed E-state index contributed by atoms with van der Waals surface area (Å²) < 4.78 is 13.1. The number of urea groups is 1. The van der Waals surface area contributed by atoms with E-state index in [1.807, 2.05) is 0 Å². The number of nitrogens with one attached hydrogen (secondary N) is 1. The van der Waals surface area contributed by atoms with E-state index in [2.05, 4.69) is 5.32 Å². The molecule has 1 N–H and O–H groups in total. The largest absolute Gasteiger partial charge is 0.328 e. The van der Waals surface area contributed by atoms with Gasteiger partial charge >= 0.3 is 6.03 Å². The van der Waals surface area contributed by atoms with Crippen LogP contribution in [0.4, 0.5) is 14.9 Å². The standard InChI is InChI=1S/C11H11FN2O2/c1-7-2-3-8(12)6-9(7)14-5-4-10(15)13-11(14)16/h2-3,6H,4-5H2,1H3,(H,13,15,16). The van der Waals surface area contributed by atoms with Crippen molar-refractivity contribution in [2.75, 3.05) is 11.4 Å². The van der Waals surface area contributed by atoms with Crippen LogP contribution in [-0.4, -0.2) is 18.5 Å². The van der Waals surface area contributed by atoms with Crippen LogP contribution in [0.25, 0.3) is 0 Å². The molecule has 0 aliphatic carbocycles. The molecule has 0 aromatic heterocycles. The van der Waals surface area contributed by atoms with Crippen LogP contribution >= 0.6 is 0 Å². The van der Waals surface area contributed by atoms with Crippen molar-refractivity contribution in [3.63, 3.8) is 0 Å². The van der Waals surface area contributed by atoms with Crippen molar-refractivity contribution in [1.29, 1.82) is 0 Å². The number of amides is 3. The normalized spacial score (nSPS) is 16.2. The van der Waals surface area contributed by atoms with Gasteiger partial charge in [-0.15, -0.1) is 0 Å². The van der Waals surface area contributed by atoms with Crippen LogP contribution in [0.2, 0.25) is 0 Å². The van der Waals surface area contributed by atoms with Crippen LogP contribution in [0.1, 0.15) is 12.0 Å². The number of carbonyl (C=O) groups excluding carboxylic acids is 2. The smallest absolute Gasteiger partial charge is 0.293 e. The molecular formula is C11H11FN2O2. The molecule has 5 heteroatoms. The van der Waals surface area contributed by atoms with E-state index in [9.17, 15) is 14.0 Å². The first kappa shape index (κ1) is 10.6. The van der Waals surface area contributed by atoms with Crippen molar-refractivity contribution < 1.29 is 14.0 Å². The van der Waals surface area contributed by atoms with Gasteiger partial charge in [-0.25, -0.2) is 9.18 Å². The second-order valence-electron chi connectivity index (χ2n) is 3.69. The lowest BCUT2D eigenvalue weighted by Crippen LogP contribution is -2.49. The molecule has 1 aliphatic rings. The summed E-state index contributed by atoms with van der Waals surface area (Å²) >= 11 is 0. The highest BCUT2D eigenvalue weighted by molar-refractivity contribution is 6.05. The number of hydrogen-bond acceptors (Lipinski definition) is 2. The molecule has 0 radical (unpaired) electrons. The van der Waals surface area contributed by atoms with Gasteiger partial charge in [0.2, 0.25) is 5.91 Å². The maximum atomic E-state index is 13.1. The quantitative estimate of drug-likeness (QED) is 0.784. The van der Waals surface area contributed by atoms with E-state index >= 15 is 0 Å². The number of rotatable bonds is 1. The van der Waals surface area contributed by atoms with Crippen molar-refractivity contribution in [2.24, 2.45) is 0 Å². The maximum Gasteiger partial charge on any atom is 0.328 e. The molecule has 1 aromatic rings. The minimum atomic E-state index is -0.495. The summed E-state index contributed by atoms with van der Waals surface area (Å²) in [4.78, 5) is 23.9. The van der Waals surface area contributed by atoms with Crippen LogP contribution in [0, 0.1) is 12.7 Å². The molecule has 0 atom stereocenters. The Labute approximate surface area is 92.0 Å². The number of benzene rings is 1. The van der Waals surface area contributed by atoms with Crippen molar-refractivity contribution in [1.82, 2.24) is 5.32 Å². The van der Waals surface area contributed by atoms with E-state index in [4.69, 9.17) is 0 Å². The van der Waals surface area contributed by atoms with Gasteiger partial charge in [0.1, 0.15) is 5.82 Å². The van der Waals surface area contributed by atoms with Gasteiger partial charge in [-0.3, -0.25) is 15.0 Å². The molecule has 1 aliphatic heterocycles. The first-order chi connectivity index (χ1) is 7.58. The predicted molar refractivity (Wildman–Crippen MR) is 56.6 cm³/mol. The molecule has 0 saturated carbocycles. The molecule has 1 heterocycles. The highest BCUT2D eigenvalue weighted by atomic mass is 19.1. The first-order valence-electron chi connectivity index (χ1n) is 4.95. The van der Waals surface area contributed by atoms with E-state index in [1.54, 1.807) is 13.0 Å². The summed E-state index contributed by atoms with van der Waals surface area (Å²) in [7, 11) is 0. The fourth-order valence-electron chi connectivity index (χ4n) is 1.67. The molecule has 1 fully saturated rings. The van der Waals surface area contributed by atoms with Crippen LogP contribution < -0.4 is 10.2 Å². The Morgan fingerprint density at radius 1 is 1.38 bits per heavy atom. The highest BCUT2D eigenvalue weighted by Gasteiger charge is 2.25. The lowest BCUT2D eigenvalue weighted by molar-refractivity contribution is -0.120. The number of nitrogens with zero attached hydrogens (tertiary/aromatic N) is 1. The summed E-state index contributed by atoms with van der Waals surface area (Å²) in [6.07, 6.45) is 0.238. The second kappa shape index (κ2) is 3.92. The molecule has 1 saturated heterocycles. The summed E-state index contributed by atoms with van der Waals surface area (Å²) in [5.74, 6) is -0.694. The third-order valence-electron chi connectivity index (χ3n) is 2.52. The van der Waals surface area contributed by atoms with E-state index in [0.717, 1.165) is 5.56 Å². The molecule has 0 spiro atoms. The minimum Gasteiger partial charge on any atom is -0.293 e. The zero-order valence-corrected chi connectivity index (χ0v) is 8.79. The molecule has 16 heavy (non-hydrogen) atoms. The lowest BCUT2D eigenvalue weighted by Gasteiger charge is -2.27. The van der Waals surface area contributed by atoms with Crippen LogP contribution in [-0.2, 0) is 4.79 Å². The molecule has 84 valence electrons. The Hall–Kier alpha value is -1.91. The predicted octanol–water partition coefficient (Wildman–Crippen LogP) is 1.58. The van der Waals surface area contributed by atoms with Gasteiger partial charge in [0.05, 0.1) is 5.69 Å². The Morgan fingerprint density at radius 2 is 2.12 bits per heavy atom. The first-order valence-corrected chi connectivity index (χ1v) is 4.95. The van der Waals surface area contributed by atoms with Crippen LogP contribution in [0.5, 0.6) is 0 Å². The summed E-state index contributed by atoms with van der Waals surface area (Å²) in [6, 6.07) is 3.75. The molecule has 0 unspecified atom stereocenters. The molecule has 1 aromatic carbocycles. The summed E-state index contributed by atoms with van der Waals surface area (Å²) in [5.41, 5.74) is 1.30.